The van der Waals surface area contributed by atoms with E-state index in [0.29, 0.717) is 6.54 Å². The molecule has 0 aromatic heterocycles. The van der Waals surface area contributed by atoms with E-state index in [-0.39, 0.29) is 17.7 Å². The highest BCUT2D eigenvalue weighted by Gasteiger charge is 2.22. The Morgan fingerprint density at radius 2 is 1.81 bits per heavy atom. The SMILES string of the molecule is C[C@@H](C(=O)NC(=O)NC1CCCCC1)N(C)Cc1ccc(OC(F)F)cc1. The van der Waals surface area contributed by atoms with E-state index in [4.69, 9.17) is 0 Å². The average molecular weight is 383 g/mol. The lowest BCUT2D eigenvalue weighted by Crippen LogP contribution is -2.50. The summed E-state index contributed by atoms with van der Waals surface area (Å²) in [5.41, 5.74) is 0.838. The van der Waals surface area contributed by atoms with E-state index in [1.54, 1.807) is 31.0 Å². The van der Waals surface area contributed by atoms with E-state index in [2.05, 4.69) is 15.4 Å². The zero-order chi connectivity index (χ0) is 19.8. The lowest BCUT2D eigenvalue weighted by Gasteiger charge is -2.25. The largest absolute Gasteiger partial charge is 0.435 e. The molecule has 1 aliphatic rings. The quantitative estimate of drug-likeness (QED) is 0.758. The van der Waals surface area contributed by atoms with Gasteiger partial charge in [0, 0.05) is 12.6 Å². The number of imide groups is 1. The number of nitrogens with one attached hydrogen (secondary N) is 2. The number of carbonyl (C=O) groups excluding carboxylic acids is 2. The zero-order valence-electron chi connectivity index (χ0n) is 15.7. The normalized spacial score (nSPS) is 16.2. The van der Waals surface area contributed by atoms with Crippen molar-refractivity contribution in [3.8, 4) is 5.75 Å². The summed E-state index contributed by atoms with van der Waals surface area (Å²) < 4.78 is 28.7. The smallest absolute Gasteiger partial charge is 0.387 e. The molecule has 0 bridgehead atoms. The number of hydrogen-bond acceptors (Lipinski definition) is 4. The second kappa shape index (κ2) is 10.2. The van der Waals surface area contributed by atoms with Crippen molar-refractivity contribution in [2.24, 2.45) is 0 Å². The van der Waals surface area contributed by atoms with Gasteiger partial charge >= 0.3 is 12.6 Å². The Hall–Kier alpha value is -2.22. The summed E-state index contributed by atoms with van der Waals surface area (Å²) in [7, 11) is 1.76. The van der Waals surface area contributed by atoms with Gasteiger partial charge in [-0.25, -0.2) is 4.79 Å². The van der Waals surface area contributed by atoms with E-state index in [1.807, 2.05) is 0 Å². The number of amides is 3. The predicted octanol–water partition coefficient (Wildman–Crippen LogP) is 3.27. The lowest BCUT2D eigenvalue weighted by molar-refractivity contribution is -0.124. The average Bonchev–Trinajstić information content (AvgIpc) is 2.63. The van der Waals surface area contributed by atoms with Crippen LogP contribution in [-0.2, 0) is 11.3 Å². The van der Waals surface area contributed by atoms with Crippen molar-refractivity contribution in [2.45, 2.75) is 64.3 Å². The fourth-order valence-electron chi connectivity index (χ4n) is 3.09. The molecule has 0 heterocycles. The third kappa shape index (κ3) is 7.13. The molecular weight excluding hydrogens is 356 g/mol. The van der Waals surface area contributed by atoms with Crippen molar-refractivity contribution >= 4 is 11.9 Å². The summed E-state index contributed by atoms with van der Waals surface area (Å²) in [6.07, 6.45) is 5.28. The number of carbonyl (C=O) groups is 2. The van der Waals surface area contributed by atoms with Crippen LogP contribution in [0.4, 0.5) is 13.6 Å². The topological polar surface area (TPSA) is 70.7 Å². The first-order valence-electron chi connectivity index (χ1n) is 9.20. The molecule has 1 atom stereocenters. The molecule has 1 aromatic rings. The summed E-state index contributed by atoms with van der Waals surface area (Å²) in [5.74, 6) is -0.301. The summed E-state index contributed by atoms with van der Waals surface area (Å²) >= 11 is 0. The van der Waals surface area contributed by atoms with Gasteiger partial charge in [0.25, 0.3) is 0 Å². The standard InChI is InChI=1S/C19H27F2N3O3/c1-13(17(25)23-19(26)22-15-6-4-3-5-7-15)24(2)12-14-8-10-16(11-9-14)27-18(20)21/h8-11,13,15,18H,3-7,12H2,1-2H3,(H2,22,23,25,26)/t13-/m0/s1. The minimum atomic E-state index is -2.86. The van der Waals surface area contributed by atoms with Gasteiger partial charge in [-0.05, 0) is 44.5 Å². The number of halogens is 2. The number of nitrogens with zero attached hydrogens (tertiary/aromatic N) is 1. The maximum Gasteiger partial charge on any atom is 0.387 e. The van der Waals surface area contributed by atoms with Crippen LogP contribution in [-0.4, -0.2) is 42.6 Å². The van der Waals surface area contributed by atoms with Gasteiger partial charge in [0.05, 0.1) is 6.04 Å². The molecular formula is C19H27F2N3O3. The molecule has 2 N–H and O–H groups in total. The third-order valence-corrected chi connectivity index (χ3v) is 4.80. The van der Waals surface area contributed by atoms with Gasteiger partial charge in [-0.15, -0.1) is 0 Å². The van der Waals surface area contributed by atoms with Crippen LogP contribution in [0.25, 0.3) is 0 Å². The first kappa shape index (κ1) is 21.1. The number of rotatable bonds is 7. The predicted molar refractivity (Wildman–Crippen MR) is 97.6 cm³/mol. The number of alkyl halides is 2. The molecule has 1 aromatic carbocycles. The number of ether oxygens (including phenoxy) is 1. The molecule has 0 aliphatic heterocycles. The second-order valence-electron chi connectivity index (χ2n) is 6.91. The van der Waals surface area contributed by atoms with Crippen LogP contribution in [0, 0.1) is 0 Å². The Kier molecular flexibility index (Phi) is 7.97. The van der Waals surface area contributed by atoms with E-state index in [9.17, 15) is 18.4 Å². The Bertz CT molecular complexity index is 619. The zero-order valence-corrected chi connectivity index (χ0v) is 15.7. The molecule has 0 spiro atoms. The van der Waals surface area contributed by atoms with Crippen LogP contribution in [0.1, 0.15) is 44.6 Å². The fraction of sp³-hybridized carbons (Fsp3) is 0.579. The van der Waals surface area contributed by atoms with Crippen molar-refractivity contribution < 1.29 is 23.1 Å². The van der Waals surface area contributed by atoms with Crippen molar-refractivity contribution in [3.63, 3.8) is 0 Å². The minimum Gasteiger partial charge on any atom is -0.435 e. The van der Waals surface area contributed by atoms with E-state index in [0.717, 1.165) is 31.2 Å². The number of benzene rings is 1. The highest BCUT2D eigenvalue weighted by atomic mass is 19.3. The van der Waals surface area contributed by atoms with E-state index >= 15 is 0 Å². The molecule has 0 unspecified atom stereocenters. The van der Waals surface area contributed by atoms with Crippen molar-refractivity contribution in [2.75, 3.05) is 7.05 Å². The van der Waals surface area contributed by atoms with Crippen molar-refractivity contribution in [1.82, 2.24) is 15.5 Å². The van der Waals surface area contributed by atoms with Gasteiger partial charge in [0.1, 0.15) is 5.75 Å². The molecule has 1 fully saturated rings. The third-order valence-electron chi connectivity index (χ3n) is 4.80. The monoisotopic (exact) mass is 383 g/mol. The molecule has 6 nitrogen and oxygen atoms in total. The lowest BCUT2D eigenvalue weighted by atomic mass is 9.96. The molecule has 1 saturated carbocycles. The van der Waals surface area contributed by atoms with Crippen LogP contribution >= 0.6 is 0 Å². The Morgan fingerprint density at radius 3 is 2.41 bits per heavy atom. The maximum atomic E-state index is 12.3. The molecule has 1 aliphatic carbocycles. The minimum absolute atomic E-state index is 0.0848. The van der Waals surface area contributed by atoms with Gasteiger partial charge in [0.15, 0.2) is 0 Å². The molecule has 0 saturated heterocycles. The summed E-state index contributed by atoms with van der Waals surface area (Å²) in [5, 5.41) is 5.24. The van der Waals surface area contributed by atoms with Crippen LogP contribution in [0.3, 0.4) is 0 Å². The molecule has 0 radical (unpaired) electrons. The number of likely N-dealkylation sites (N-methyl/N-ethyl adjacent to an activating group) is 1. The van der Waals surface area contributed by atoms with Crippen molar-refractivity contribution in [1.29, 1.82) is 0 Å². The first-order valence-corrected chi connectivity index (χ1v) is 9.20. The Labute approximate surface area is 158 Å². The Balaban J connectivity index is 1.79. The second-order valence-corrected chi connectivity index (χ2v) is 6.91. The van der Waals surface area contributed by atoms with Gasteiger partial charge in [-0.2, -0.15) is 8.78 Å². The summed E-state index contributed by atoms with van der Waals surface area (Å²) in [6, 6.07) is 5.38. The summed E-state index contributed by atoms with van der Waals surface area (Å²) in [6.45, 7) is -0.729. The fourth-order valence-corrected chi connectivity index (χ4v) is 3.09. The van der Waals surface area contributed by atoms with Crippen LogP contribution in [0.5, 0.6) is 5.75 Å². The van der Waals surface area contributed by atoms with Crippen LogP contribution in [0.2, 0.25) is 0 Å². The van der Waals surface area contributed by atoms with Gasteiger partial charge in [-0.1, -0.05) is 31.4 Å². The first-order chi connectivity index (χ1) is 12.8. The Morgan fingerprint density at radius 1 is 1.19 bits per heavy atom. The summed E-state index contributed by atoms with van der Waals surface area (Å²) in [4.78, 5) is 26.1. The maximum absolute atomic E-state index is 12.3. The van der Waals surface area contributed by atoms with E-state index < -0.39 is 18.7 Å². The van der Waals surface area contributed by atoms with Crippen LogP contribution < -0.4 is 15.4 Å². The molecule has 2 rings (SSSR count). The van der Waals surface area contributed by atoms with Crippen molar-refractivity contribution in [3.05, 3.63) is 29.8 Å². The molecule has 150 valence electrons. The molecule has 8 heteroatoms. The molecule has 3 amide bonds. The molecule has 27 heavy (non-hydrogen) atoms. The highest BCUT2D eigenvalue weighted by Crippen LogP contribution is 2.18. The van der Waals surface area contributed by atoms with Gasteiger partial charge < -0.3 is 10.1 Å². The number of hydrogen-bond donors (Lipinski definition) is 2. The number of urea groups is 1. The van der Waals surface area contributed by atoms with Crippen LogP contribution in [0.15, 0.2) is 24.3 Å². The van der Waals surface area contributed by atoms with Gasteiger partial charge in [0.2, 0.25) is 5.91 Å². The highest BCUT2D eigenvalue weighted by molar-refractivity contribution is 5.96. The van der Waals surface area contributed by atoms with Gasteiger partial charge in [-0.3, -0.25) is 15.0 Å². The van der Waals surface area contributed by atoms with E-state index in [1.165, 1.54) is 18.6 Å².